The number of β-lactam (4-membered cyclic amide) rings is 1. The Balaban J connectivity index is 1.33. The maximum absolute atomic E-state index is 12.8. The molecule has 126 valence electrons. The van der Waals surface area contributed by atoms with Gasteiger partial charge in [0.25, 0.3) is 0 Å². The molecular weight excluding hydrogens is 306 g/mol. The first-order valence-electron chi connectivity index (χ1n) is 9.14. The maximum Gasteiger partial charge on any atom is 0.232 e. The topological polar surface area (TPSA) is 36.4 Å². The van der Waals surface area contributed by atoms with E-state index in [9.17, 15) is 4.79 Å². The summed E-state index contributed by atoms with van der Waals surface area (Å²) in [7, 11) is 0. The van der Waals surface area contributed by atoms with E-state index in [-0.39, 0.29) is 5.41 Å². The van der Waals surface area contributed by atoms with Gasteiger partial charge in [0, 0.05) is 30.7 Å². The molecule has 3 aliphatic rings. The minimum absolute atomic E-state index is 0.0579. The third-order valence-corrected chi connectivity index (χ3v) is 6.73. The first kappa shape index (κ1) is 15.6. The van der Waals surface area contributed by atoms with Crippen molar-refractivity contribution in [3.05, 3.63) is 16.6 Å². The highest BCUT2D eigenvalue weighted by atomic mass is 32.1. The number of rotatable bonds is 4. The zero-order valence-corrected chi connectivity index (χ0v) is 14.7. The van der Waals surface area contributed by atoms with Gasteiger partial charge in [-0.15, -0.1) is 11.3 Å². The standard InChI is InChI=1S/C18H27N3OS/c22-17-18(13-21(17)11-16-9-19-14-23-16)7-4-8-20(12-18)10-15-5-2-1-3-6-15/h9,14-15H,1-8,10-13H2/t18-/m0/s1. The second-order valence-corrected chi connectivity index (χ2v) is 8.72. The Kier molecular flexibility index (Phi) is 4.41. The first-order chi connectivity index (χ1) is 11.3. The van der Waals surface area contributed by atoms with Crippen LogP contribution in [0.3, 0.4) is 0 Å². The van der Waals surface area contributed by atoms with Crippen LogP contribution in [0.2, 0.25) is 0 Å². The van der Waals surface area contributed by atoms with E-state index < -0.39 is 0 Å². The average Bonchev–Trinajstić information content (AvgIpc) is 3.09. The molecule has 0 N–H and O–H groups in total. The van der Waals surface area contributed by atoms with Crippen LogP contribution < -0.4 is 0 Å². The first-order valence-corrected chi connectivity index (χ1v) is 10.0. The summed E-state index contributed by atoms with van der Waals surface area (Å²) >= 11 is 1.65. The Morgan fingerprint density at radius 3 is 2.83 bits per heavy atom. The smallest absolute Gasteiger partial charge is 0.232 e. The number of thiazole rings is 1. The van der Waals surface area contributed by atoms with Crippen LogP contribution in [0.4, 0.5) is 0 Å². The van der Waals surface area contributed by atoms with Gasteiger partial charge >= 0.3 is 0 Å². The molecule has 3 fully saturated rings. The van der Waals surface area contributed by atoms with Crippen molar-refractivity contribution in [1.82, 2.24) is 14.8 Å². The second-order valence-electron chi connectivity index (χ2n) is 7.75. The third-order valence-electron chi connectivity index (χ3n) is 5.96. The second kappa shape index (κ2) is 6.52. The number of carbonyl (C=O) groups is 1. The molecule has 2 aliphatic heterocycles. The van der Waals surface area contributed by atoms with Crippen LogP contribution in [-0.4, -0.2) is 46.9 Å². The van der Waals surface area contributed by atoms with Gasteiger partial charge < -0.3 is 9.80 Å². The van der Waals surface area contributed by atoms with Gasteiger partial charge in [-0.2, -0.15) is 0 Å². The molecule has 23 heavy (non-hydrogen) atoms. The Hall–Kier alpha value is -0.940. The summed E-state index contributed by atoms with van der Waals surface area (Å²) in [6.07, 6.45) is 11.2. The molecule has 0 bridgehead atoms. The Morgan fingerprint density at radius 1 is 1.22 bits per heavy atom. The predicted octanol–water partition coefficient (Wildman–Crippen LogP) is 3.15. The maximum atomic E-state index is 12.8. The quantitative estimate of drug-likeness (QED) is 0.794. The summed E-state index contributed by atoms with van der Waals surface area (Å²) in [5, 5.41) is 0. The minimum atomic E-state index is -0.0579. The number of nitrogens with zero attached hydrogens (tertiary/aromatic N) is 3. The van der Waals surface area contributed by atoms with E-state index in [1.165, 1.54) is 56.5 Å². The number of hydrogen-bond acceptors (Lipinski definition) is 4. The number of carbonyl (C=O) groups excluding carboxylic acids is 1. The molecule has 0 unspecified atom stereocenters. The summed E-state index contributed by atoms with van der Waals surface area (Å²) in [5.74, 6) is 1.27. The third kappa shape index (κ3) is 3.18. The van der Waals surface area contributed by atoms with E-state index in [1.54, 1.807) is 11.3 Å². The van der Waals surface area contributed by atoms with Crippen molar-refractivity contribution >= 4 is 17.2 Å². The largest absolute Gasteiger partial charge is 0.336 e. The lowest BCUT2D eigenvalue weighted by Crippen LogP contribution is -2.66. The number of aromatic nitrogens is 1. The zero-order chi connectivity index (χ0) is 15.7. The van der Waals surface area contributed by atoms with Crippen molar-refractivity contribution < 1.29 is 4.79 Å². The van der Waals surface area contributed by atoms with Crippen LogP contribution >= 0.6 is 11.3 Å². The molecular formula is C18H27N3OS. The normalized spacial score (nSPS) is 29.9. The van der Waals surface area contributed by atoms with E-state index in [0.29, 0.717) is 5.91 Å². The van der Waals surface area contributed by atoms with Crippen molar-refractivity contribution in [2.24, 2.45) is 11.3 Å². The highest BCUT2D eigenvalue weighted by molar-refractivity contribution is 7.09. The van der Waals surface area contributed by atoms with E-state index >= 15 is 0 Å². The van der Waals surface area contributed by atoms with Gasteiger partial charge in [0.15, 0.2) is 0 Å². The fraction of sp³-hybridized carbons (Fsp3) is 0.778. The van der Waals surface area contributed by atoms with Crippen molar-refractivity contribution in [2.45, 2.75) is 51.5 Å². The molecule has 1 saturated carbocycles. The lowest BCUT2D eigenvalue weighted by molar-refractivity contribution is -0.167. The summed E-state index contributed by atoms with van der Waals surface area (Å²) in [5.41, 5.74) is 1.79. The van der Waals surface area contributed by atoms with Crippen LogP contribution in [-0.2, 0) is 11.3 Å². The summed E-state index contributed by atoms with van der Waals surface area (Å²) in [6, 6.07) is 0. The molecule has 1 aliphatic carbocycles. The van der Waals surface area contributed by atoms with E-state index in [4.69, 9.17) is 0 Å². The average molecular weight is 334 g/mol. The van der Waals surface area contributed by atoms with Gasteiger partial charge in [-0.3, -0.25) is 9.78 Å². The molecule has 1 atom stereocenters. The van der Waals surface area contributed by atoms with Gasteiger partial charge in [0.05, 0.1) is 17.5 Å². The molecule has 0 radical (unpaired) electrons. The van der Waals surface area contributed by atoms with Gasteiger partial charge in [-0.1, -0.05) is 19.3 Å². The van der Waals surface area contributed by atoms with Crippen LogP contribution in [0.1, 0.15) is 49.8 Å². The van der Waals surface area contributed by atoms with Crippen LogP contribution in [0.5, 0.6) is 0 Å². The lowest BCUT2D eigenvalue weighted by Gasteiger charge is -2.53. The number of piperidine rings is 1. The summed E-state index contributed by atoms with van der Waals surface area (Å²) in [6.45, 7) is 5.13. The van der Waals surface area contributed by atoms with Gasteiger partial charge in [0.2, 0.25) is 5.91 Å². The molecule has 0 aromatic carbocycles. The molecule has 5 heteroatoms. The van der Waals surface area contributed by atoms with Crippen molar-refractivity contribution in [1.29, 1.82) is 0 Å². The molecule has 1 amide bonds. The SMILES string of the molecule is O=C1N(Cc2cncs2)C[C@@]12CCCN(CC1CCCCC1)C2. The van der Waals surface area contributed by atoms with Gasteiger partial charge in [-0.25, -0.2) is 0 Å². The Morgan fingerprint density at radius 2 is 2.09 bits per heavy atom. The molecule has 3 heterocycles. The van der Waals surface area contributed by atoms with E-state index in [2.05, 4.69) is 9.88 Å². The number of likely N-dealkylation sites (tertiary alicyclic amines) is 2. The van der Waals surface area contributed by atoms with Crippen molar-refractivity contribution in [2.75, 3.05) is 26.2 Å². The van der Waals surface area contributed by atoms with E-state index in [1.807, 2.05) is 16.6 Å². The Labute approximate surface area is 142 Å². The summed E-state index contributed by atoms with van der Waals surface area (Å²) < 4.78 is 0. The fourth-order valence-electron chi connectivity index (χ4n) is 4.81. The number of hydrogen-bond donors (Lipinski definition) is 0. The van der Waals surface area contributed by atoms with Crippen LogP contribution in [0.25, 0.3) is 0 Å². The minimum Gasteiger partial charge on any atom is -0.336 e. The predicted molar refractivity (Wildman–Crippen MR) is 92.2 cm³/mol. The Bertz CT molecular complexity index is 540. The van der Waals surface area contributed by atoms with Crippen molar-refractivity contribution in [3.63, 3.8) is 0 Å². The lowest BCUT2D eigenvalue weighted by atomic mass is 9.72. The number of amides is 1. The zero-order valence-electron chi connectivity index (χ0n) is 13.9. The van der Waals surface area contributed by atoms with Gasteiger partial charge in [-0.05, 0) is 38.1 Å². The monoisotopic (exact) mass is 333 g/mol. The van der Waals surface area contributed by atoms with Crippen LogP contribution in [0.15, 0.2) is 11.7 Å². The summed E-state index contributed by atoms with van der Waals surface area (Å²) in [4.78, 5) is 22.7. The molecule has 1 spiro atoms. The molecule has 4 rings (SSSR count). The molecule has 4 nitrogen and oxygen atoms in total. The van der Waals surface area contributed by atoms with Gasteiger partial charge in [0.1, 0.15) is 0 Å². The van der Waals surface area contributed by atoms with Crippen LogP contribution in [0, 0.1) is 11.3 Å². The molecule has 1 aromatic rings. The molecule has 2 saturated heterocycles. The van der Waals surface area contributed by atoms with E-state index in [0.717, 1.165) is 32.0 Å². The molecule has 1 aromatic heterocycles. The highest BCUT2D eigenvalue weighted by Gasteiger charge is 2.53. The fourth-order valence-corrected chi connectivity index (χ4v) is 5.42. The van der Waals surface area contributed by atoms with Crippen molar-refractivity contribution in [3.8, 4) is 0 Å². The highest BCUT2D eigenvalue weighted by Crippen LogP contribution is 2.41.